The summed E-state index contributed by atoms with van der Waals surface area (Å²) < 4.78 is 0. The van der Waals surface area contributed by atoms with E-state index < -0.39 is 0 Å². The van der Waals surface area contributed by atoms with Gasteiger partial charge in [0.05, 0.1) is 11.7 Å². The van der Waals surface area contributed by atoms with Crippen LogP contribution in [0.5, 0.6) is 0 Å². The molecule has 0 N–H and O–H groups in total. The Bertz CT molecular complexity index is 2760. The monoisotopic (exact) mass is 705 g/mol. The molecule has 11 rings (SSSR count). The van der Waals surface area contributed by atoms with Crippen LogP contribution in [0.2, 0.25) is 0 Å². The second-order valence-corrected chi connectivity index (χ2v) is 15.7. The fourth-order valence-corrected chi connectivity index (χ4v) is 10.4. The second-order valence-electron chi connectivity index (χ2n) is 15.7. The Balaban J connectivity index is 1.24. The predicted molar refractivity (Wildman–Crippen MR) is 231 cm³/mol. The number of benzene rings is 5. The quantitative estimate of drug-likeness (QED) is 0.176. The molecule has 0 aromatic heterocycles. The number of hydrogen-bond acceptors (Lipinski definition) is 1. The highest BCUT2D eigenvalue weighted by Gasteiger charge is 2.41. The number of nitrogens with zero attached hydrogens (tertiary/aromatic N) is 1. The van der Waals surface area contributed by atoms with Crippen LogP contribution in [-0.4, -0.2) is 6.04 Å². The molecule has 5 aromatic rings. The summed E-state index contributed by atoms with van der Waals surface area (Å²) in [7, 11) is 0. The molecule has 0 radical (unpaired) electrons. The van der Waals surface area contributed by atoms with Crippen LogP contribution in [0, 0.1) is 5.92 Å². The van der Waals surface area contributed by atoms with E-state index in [4.69, 9.17) is 0 Å². The summed E-state index contributed by atoms with van der Waals surface area (Å²) in [4.78, 5) is 2.67. The minimum Gasteiger partial charge on any atom is -0.333 e. The van der Waals surface area contributed by atoms with E-state index in [0.29, 0.717) is 5.92 Å². The summed E-state index contributed by atoms with van der Waals surface area (Å²) >= 11 is 0. The Morgan fingerprint density at radius 3 is 2.31 bits per heavy atom. The third kappa shape index (κ3) is 5.29. The molecule has 0 spiro atoms. The molecular formula is C54H43N. The summed E-state index contributed by atoms with van der Waals surface area (Å²) in [5.74, 6) is 0.819. The van der Waals surface area contributed by atoms with Crippen molar-refractivity contribution in [3.63, 3.8) is 0 Å². The maximum atomic E-state index is 2.67. The molecular weight excluding hydrogens is 663 g/mol. The number of allylic oxidation sites excluding steroid dienone is 14. The number of hydrogen-bond donors (Lipinski definition) is 0. The Morgan fingerprint density at radius 1 is 0.636 bits per heavy atom. The van der Waals surface area contributed by atoms with Crippen molar-refractivity contribution in [1.82, 2.24) is 0 Å². The third-order valence-electron chi connectivity index (χ3n) is 12.7. The van der Waals surface area contributed by atoms with Gasteiger partial charge in [0.1, 0.15) is 0 Å². The SMILES string of the molecule is C1=CCCC(C2=c3c4c(ccc3=C(C3=CC(c5ccccc5)=CC(c5cccc6ccccc56)C3)C3CC=CC=C23)C2C=CC=CC2N4c2ccccc2)=C1. The Morgan fingerprint density at radius 2 is 1.44 bits per heavy atom. The molecule has 1 heteroatoms. The summed E-state index contributed by atoms with van der Waals surface area (Å²) in [5, 5.41) is 5.49. The van der Waals surface area contributed by atoms with Crippen LogP contribution in [0.15, 0.2) is 205 Å². The summed E-state index contributed by atoms with van der Waals surface area (Å²) in [6.07, 6.45) is 32.7. The highest BCUT2D eigenvalue weighted by molar-refractivity contribution is 5.95. The first-order valence-corrected chi connectivity index (χ1v) is 20.1. The van der Waals surface area contributed by atoms with Gasteiger partial charge in [-0.3, -0.25) is 0 Å². The van der Waals surface area contributed by atoms with Crippen LogP contribution in [0.25, 0.3) is 27.5 Å². The van der Waals surface area contributed by atoms with E-state index in [2.05, 4.69) is 193 Å². The van der Waals surface area contributed by atoms with Crippen LogP contribution in [0.4, 0.5) is 11.4 Å². The fourth-order valence-electron chi connectivity index (χ4n) is 10.4. The van der Waals surface area contributed by atoms with E-state index >= 15 is 0 Å². The van der Waals surface area contributed by atoms with Gasteiger partial charge in [-0.2, -0.15) is 0 Å². The standard InChI is InChI=1S/C54H43N/c1-4-17-36(18-5-1)39-33-40(44-29-16-22-37-19-10-11-25-43(37)44)35-41(34-39)51-46-27-12-13-28-47(46)52(38-20-6-2-7-21-38)53-49(51)32-31-48-45-26-14-15-30-50(45)55(54(48)53)42-23-8-3-9-24-42/h1-6,8-20,22-26,28-34,40,45-46,50H,7,21,27,35H2. The van der Waals surface area contributed by atoms with Crippen LogP contribution < -0.4 is 15.3 Å². The van der Waals surface area contributed by atoms with Gasteiger partial charge >= 0.3 is 0 Å². The zero-order valence-corrected chi connectivity index (χ0v) is 31.0. The lowest BCUT2D eigenvalue weighted by atomic mass is 9.68. The highest BCUT2D eigenvalue weighted by Crippen LogP contribution is 2.50. The molecule has 1 nitrogen and oxygen atoms in total. The van der Waals surface area contributed by atoms with E-state index in [1.54, 1.807) is 0 Å². The molecule has 0 fully saturated rings. The van der Waals surface area contributed by atoms with E-state index in [9.17, 15) is 0 Å². The molecule has 1 aliphatic heterocycles. The number of anilines is 2. The lowest BCUT2D eigenvalue weighted by molar-refractivity contribution is 0.744. The maximum absolute atomic E-state index is 2.67. The van der Waals surface area contributed by atoms with Crippen LogP contribution >= 0.6 is 0 Å². The van der Waals surface area contributed by atoms with Crippen molar-refractivity contribution in [3.8, 4) is 0 Å². The van der Waals surface area contributed by atoms with Gasteiger partial charge in [-0.25, -0.2) is 0 Å². The van der Waals surface area contributed by atoms with Crippen molar-refractivity contribution in [2.24, 2.45) is 5.92 Å². The topological polar surface area (TPSA) is 3.24 Å². The Labute approximate surface area is 324 Å². The zero-order chi connectivity index (χ0) is 36.3. The van der Waals surface area contributed by atoms with Crippen molar-refractivity contribution in [2.75, 3.05) is 4.90 Å². The molecule has 4 unspecified atom stereocenters. The van der Waals surface area contributed by atoms with Gasteiger partial charge in [-0.15, -0.1) is 0 Å². The zero-order valence-electron chi connectivity index (χ0n) is 31.0. The van der Waals surface area contributed by atoms with Crippen molar-refractivity contribution >= 4 is 38.9 Å². The van der Waals surface area contributed by atoms with Crippen molar-refractivity contribution in [1.29, 1.82) is 0 Å². The lowest BCUT2D eigenvalue weighted by Gasteiger charge is -2.36. The van der Waals surface area contributed by atoms with Gasteiger partial charge in [-0.1, -0.05) is 176 Å². The third-order valence-corrected chi connectivity index (χ3v) is 12.7. The average Bonchev–Trinajstić information content (AvgIpc) is 3.61. The number of para-hydroxylation sites is 1. The van der Waals surface area contributed by atoms with Gasteiger partial charge in [-0.05, 0) is 104 Å². The molecule has 0 bridgehead atoms. The summed E-state index contributed by atoms with van der Waals surface area (Å²) in [5.41, 5.74) is 15.4. The minimum absolute atomic E-state index is 0.231. The van der Waals surface area contributed by atoms with Gasteiger partial charge in [0, 0.05) is 28.7 Å². The van der Waals surface area contributed by atoms with E-state index in [1.807, 2.05) is 0 Å². The predicted octanol–water partition coefficient (Wildman–Crippen LogP) is 11.9. The molecule has 6 aliphatic rings. The molecule has 0 saturated carbocycles. The fraction of sp³-hybridized carbons (Fsp3) is 0.148. The first-order chi connectivity index (χ1) is 27.3. The minimum atomic E-state index is 0.231. The first kappa shape index (κ1) is 32.3. The van der Waals surface area contributed by atoms with Crippen LogP contribution in [0.1, 0.15) is 54.2 Å². The van der Waals surface area contributed by atoms with E-state index in [0.717, 1.165) is 25.7 Å². The van der Waals surface area contributed by atoms with Crippen LogP contribution in [0.3, 0.4) is 0 Å². The summed E-state index contributed by atoms with van der Waals surface area (Å²) in [6.45, 7) is 0. The van der Waals surface area contributed by atoms with E-state index in [-0.39, 0.29) is 17.9 Å². The molecule has 0 amide bonds. The Kier molecular flexibility index (Phi) is 7.80. The van der Waals surface area contributed by atoms with Gasteiger partial charge < -0.3 is 4.90 Å². The molecule has 1 heterocycles. The second kappa shape index (κ2) is 13.3. The molecule has 0 saturated heterocycles. The van der Waals surface area contributed by atoms with Gasteiger partial charge in [0.25, 0.3) is 0 Å². The maximum Gasteiger partial charge on any atom is 0.0629 e. The van der Waals surface area contributed by atoms with Crippen molar-refractivity contribution < 1.29 is 0 Å². The van der Waals surface area contributed by atoms with Gasteiger partial charge in [0.15, 0.2) is 0 Å². The number of fused-ring (bicyclic) bond motifs is 7. The van der Waals surface area contributed by atoms with E-state index in [1.165, 1.54) is 82.7 Å². The van der Waals surface area contributed by atoms with Crippen molar-refractivity contribution in [2.45, 2.75) is 43.6 Å². The molecule has 4 atom stereocenters. The molecule has 5 aromatic carbocycles. The average molecular weight is 706 g/mol. The van der Waals surface area contributed by atoms with Crippen LogP contribution in [-0.2, 0) is 0 Å². The normalized spacial score (nSPS) is 23.4. The van der Waals surface area contributed by atoms with Gasteiger partial charge in [0.2, 0.25) is 0 Å². The first-order valence-electron chi connectivity index (χ1n) is 20.1. The molecule has 5 aliphatic carbocycles. The lowest BCUT2D eigenvalue weighted by Crippen LogP contribution is -2.42. The Hall–Kier alpha value is -6.18. The molecule has 264 valence electrons. The highest BCUT2D eigenvalue weighted by atomic mass is 15.2. The summed E-state index contributed by atoms with van der Waals surface area (Å²) in [6, 6.07) is 43.2. The smallest absolute Gasteiger partial charge is 0.0629 e. The number of rotatable bonds is 5. The van der Waals surface area contributed by atoms with Crippen molar-refractivity contribution in [3.05, 3.63) is 232 Å². The molecule has 55 heavy (non-hydrogen) atoms. The largest absolute Gasteiger partial charge is 0.333 e.